The Morgan fingerprint density at radius 1 is 1.55 bits per heavy atom. The molecule has 0 heterocycles. The normalized spacial score (nSPS) is 13.7. The highest BCUT2D eigenvalue weighted by molar-refractivity contribution is 5.75. The number of hydrogen-bond acceptors (Lipinski definition) is 1. The summed E-state index contributed by atoms with van der Waals surface area (Å²) in [5.74, 6) is 0.931. The lowest BCUT2D eigenvalue weighted by Crippen LogP contribution is -1.88. The van der Waals surface area contributed by atoms with Crippen molar-refractivity contribution >= 4 is 5.78 Å². The maximum atomic E-state index is 10.5. The fraction of sp³-hybridized carbons (Fsp3) is 0.700. The molecule has 1 nitrogen and oxygen atoms in total. The minimum Gasteiger partial charge on any atom is -0.300 e. The van der Waals surface area contributed by atoms with E-state index >= 15 is 0 Å². The van der Waals surface area contributed by atoms with Gasteiger partial charge in [0.1, 0.15) is 5.78 Å². The number of Topliss-reactive ketones (excluding diaryl/α,β-unsaturated/α-hetero) is 1. The Balaban J connectivity index is 3.36. The molecule has 11 heavy (non-hydrogen) atoms. The van der Waals surface area contributed by atoms with E-state index < -0.39 is 0 Å². The van der Waals surface area contributed by atoms with Crippen LogP contribution in [-0.2, 0) is 4.79 Å². The van der Waals surface area contributed by atoms with Crippen molar-refractivity contribution in [1.82, 2.24) is 0 Å². The summed E-state index contributed by atoms with van der Waals surface area (Å²) < 4.78 is 0. The zero-order valence-corrected chi connectivity index (χ0v) is 7.76. The highest BCUT2D eigenvalue weighted by Gasteiger charge is 1.91. The van der Waals surface area contributed by atoms with Gasteiger partial charge in [0.05, 0.1) is 0 Å². The van der Waals surface area contributed by atoms with Crippen molar-refractivity contribution in [2.75, 3.05) is 0 Å². The third-order valence-electron chi connectivity index (χ3n) is 1.77. The average molecular weight is 154 g/mol. The molecule has 0 aliphatic carbocycles. The number of allylic oxidation sites excluding steroid dienone is 2. The van der Waals surface area contributed by atoms with E-state index in [9.17, 15) is 4.79 Å². The van der Waals surface area contributed by atoms with E-state index in [2.05, 4.69) is 26.0 Å². The van der Waals surface area contributed by atoms with Crippen molar-refractivity contribution in [2.24, 2.45) is 5.92 Å². The number of ketones is 1. The van der Waals surface area contributed by atoms with Crippen LogP contribution >= 0.6 is 0 Å². The van der Waals surface area contributed by atoms with Gasteiger partial charge in [0.15, 0.2) is 0 Å². The molecule has 0 aromatic rings. The quantitative estimate of drug-likeness (QED) is 0.556. The first-order chi connectivity index (χ1) is 5.16. The van der Waals surface area contributed by atoms with Gasteiger partial charge in [-0.05, 0) is 19.3 Å². The molecule has 1 unspecified atom stereocenters. The molecule has 0 N–H and O–H groups in total. The minimum absolute atomic E-state index is 0.277. The van der Waals surface area contributed by atoms with Gasteiger partial charge >= 0.3 is 0 Å². The molecule has 1 atom stereocenters. The van der Waals surface area contributed by atoms with Gasteiger partial charge in [0, 0.05) is 6.42 Å². The average Bonchev–Trinajstić information content (AvgIpc) is 1.97. The van der Waals surface area contributed by atoms with E-state index in [1.807, 2.05) is 0 Å². The molecule has 0 saturated carbocycles. The van der Waals surface area contributed by atoms with Gasteiger partial charge in [-0.2, -0.15) is 0 Å². The number of hydrogen-bond donors (Lipinski definition) is 0. The third kappa shape index (κ3) is 7.31. The largest absolute Gasteiger partial charge is 0.300 e. The van der Waals surface area contributed by atoms with Crippen molar-refractivity contribution in [3.8, 4) is 0 Å². The molecule has 0 aromatic carbocycles. The van der Waals surface area contributed by atoms with Crippen LogP contribution in [0.3, 0.4) is 0 Å². The summed E-state index contributed by atoms with van der Waals surface area (Å²) in [5.41, 5.74) is 0. The summed E-state index contributed by atoms with van der Waals surface area (Å²) in [4.78, 5) is 10.5. The smallest absolute Gasteiger partial charge is 0.130 e. The third-order valence-corrected chi connectivity index (χ3v) is 1.77. The Labute approximate surface area is 69.5 Å². The summed E-state index contributed by atoms with van der Waals surface area (Å²) in [6.45, 7) is 5.99. The second-order valence-corrected chi connectivity index (χ2v) is 3.05. The topological polar surface area (TPSA) is 17.1 Å². The number of carbonyl (C=O) groups is 1. The van der Waals surface area contributed by atoms with Crippen LogP contribution in [0.4, 0.5) is 0 Å². The van der Waals surface area contributed by atoms with E-state index in [1.165, 1.54) is 6.42 Å². The predicted octanol–water partition coefficient (Wildman–Crippen LogP) is 2.96. The Bertz CT molecular complexity index is 136. The number of rotatable bonds is 5. The molecule has 64 valence electrons. The summed E-state index contributed by atoms with van der Waals surface area (Å²) in [6.07, 6.45) is 7.06. The summed E-state index contributed by atoms with van der Waals surface area (Å²) in [7, 11) is 0. The monoisotopic (exact) mass is 154 g/mol. The fourth-order valence-corrected chi connectivity index (χ4v) is 0.751. The van der Waals surface area contributed by atoms with Gasteiger partial charge in [-0.25, -0.2) is 0 Å². The van der Waals surface area contributed by atoms with Gasteiger partial charge in [0.25, 0.3) is 0 Å². The first-order valence-electron chi connectivity index (χ1n) is 4.33. The summed E-state index contributed by atoms with van der Waals surface area (Å²) in [6, 6.07) is 0. The predicted molar refractivity (Wildman–Crippen MR) is 48.5 cm³/mol. The molecule has 0 radical (unpaired) electrons. The SMILES string of the molecule is CCC(C)/C=C/CCC(C)=O. The molecular formula is C10H18O. The fourth-order valence-electron chi connectivity index (χ4n) is 0.751. The molecule has 0 amide bonds. The molecule has 0 aliphatic heterocycles. The zero-order chi connectivity index (χ0) is 8.69. The maximum absolute atomic E-state index is 10.5. The van der Waals surface area contributed by atoms with Gasteiger partial charge in [-0.3, -0.25) is 0 Å². The molecule has 0 bridgehead atoms. The highest BCUT2D eigenvalue weighted by atomic mass is 16.1. The lowest BCUT2D eigenvalue weighted by atomic mass is 10.1. The lowest BCUT2D eigenvalue weighted by molar-refractivity contribution is -0.116. The Kier molecular flexibility index (Phi) is 5.81. The van der Waals surface area contributed by atoms with Crippen molar-refractivity contribution in [1.29, 1.82) is 0 Å². The van der Waals surface area contributed by atoms with Crippen LogP contribution in [0.15, 0.2) is 12.2 Å². The Morgan fingerprint density at radius 2 is 2.18 bits per heavy atom. The second kappa shape index (κ2) is 6.14. The van der Waals surface area contributed by atoms with Gasteiger partial charge in [-0.15, -0.1) is 0 Å². The van der Waals surface area contributed by atoms with Crippen LogP contribution in [-0.4, -0.2) is 5.78 Å². The molecule has 0 spiro atoms. The Morgan fingerprint density at radius 3 is 2.64 bits per heavy atom. The molecule has 0 aromatic heterocycles. The van der Waals surface area contributed by atoms with Crippen LogP contribution in [0.5, 0.6) is 0 Å². The van der Waals surface area contributed by atoms with Crippen LogP contribution < -0.4 is 0 Å². The van der Waals surface area contributed by atoms with E-state index in [0.29, 0.717) is 12.3 Å². The van der Waals surface area contributed by atoms with Crippen molar-refractivity contribution < 1.29 is 4.79 Å². The molecule has 0 saturated heterocycles. The lowest BCUT2D eigenvalue weighted by Gasteiger charge is -1.98. The molecule has 0 rings (SSSR count). The maximum Gasteiger partial charge on any atom is 0.130 e. The van der Waals surface area contributed by atoms with Crippen LogP contribution in [0, 0.1) is 5.92 Å². The summed E-state index contributed by atoms with van der Waals surface area (Å²) >= 11 is 0. The van der Waals surface area contributed by atoms with Gasteiger partial charge in [-0.1, -0.05) is 32.4 Å². The zero-order valence-electron chi connectivity index (χ0n) is 7.76. The standard InChI is InChI=1S/C10H18O/c1-4-9(2)7-5-6-8-10(3)11/h5,7,9H,4,6,8H2,1-3H3/b7-5+. The van der Waals surface area contributed by atoms with E-state index in [4.69, 9.17) is 0 Å². The first kappa shape index (κ1) is 10.4. The molecular weight excluding hydrogens is 136 g/mol. The van der Waals surface area contributed by atoms with E-state index in [1.54, 1.807) is 6.92 Å². The van der Waals surface area contributed by atoms with Crippen molar-refractivity contribution in [2.45, 2.75) is 40.0 Å². The van der Waals surface area contributed by atoms with Crippen LogP contribution in [0.2, 0.25) is 0 Å². The van der Waals surface area contributed by atoms with Crippen molar-refractivity contribution in [3.05, 3.63) is 12.2 Å². The highest BCUT2D eigenvalue weighted by Crippen LogP contribution is 2.03. The number of carbonyl (C=O) groups excluding carboxylic acids is 1. The van der Waals surface area contributed by atoms with Gasteiger partial charge in [0.2, 0.25) is 0 Å². The second-order valence-electron chi connectivity index (χ2n) is 3.05. The molecule has 1 heteroatoms. The van der Waals surface area contributed by atoms with Crippen molar-refractivity contribution in [3.63, 3.8) is 0 Å². The van der Waals surface area contributed by atoms with Gasteiger partial charge < -0.3 is 4.79 Å². The van der Waals surface area contributed by atoms with Crippen LogP contribution in [0.25, 0.3) is 0 Å². The first-order valence-corrected chi connectivity index (χ1v) is 4.33. The van der Waals surface area contributed by atoms with E-state index in [-0.39, 0.29) is 5.78 Å². The molecule has 0 fully saturated rings. The van der Waals surface area contributed by atoms with E-state index in [0.717, 1.165) is 6.42 Å². The molecule has 0 aliphatic rings. The minimum atomic E-state index is 0.277. The summed E-state index contributed by atoms with van der Waals surface area (Å²) in [5, 5.41) is 0. The van der Waals surface area contributed by atoms with Crippen LogP contribution in [0.1, 0.15) is 40.0 Å². The Hall–Kier alpha value is -0.590.